The Labute approximate surface area is 165 Å². The Morgan fingerprint density at radius 2 is 1.86 bits per heavy atom. The Bertz CT molecular complexity index is 673. The number of carbonyl (C=O) groups excluding carboxylic acids is 2. The molecule has 3 saturated heterocycles. The van der Waals surface area contributed by atoms with Gasteiger partial charge in [0.05, 0.1) is 25.8 Å². The van der Waals surface area contributed by atoms with Crippen LogP contribution in [0, 0.1) is 0 Å². The van der Waals surface area contributed by atoms with Gasteiger partial charge < -0.3 is 19.9 Å². The average Bonchev–Trinajstić information content (AvgIpc) is 3.25. The van der Waals surface area contributed by atoms with Crippen molar-refractivity contribution in [2.45, 2.75) is 18.9 Å². The van der Waals surface area contributed by atoms with Gasteiger partial charge >= 0.3 is 0 Å². The molecule has 1 atom stereocenters. The lowest BCUT2D eigenvalue weighted by molar-refractivity contribution is -0.134. The molecule has 0 spiro atoms. The standard InChI is InChI=1S/C19H30N6O3/c26-18(15-22-10-12-28-13-11-22)23-6-8-24(9-7-23)19(27)17-3-5-25(21-17)16-2-1-4-20-14-16/h3,5,16,20H,1-2,4,6-15H2. The number of nitrogens with zero attached hydrogens (tertiary/aromatic N) is 5. The number of piperidine rings is 1. The van der Waals surface area contributed by atoms with Crippen LogP contribution in [0.3, 0.4) is 0 Å². The number of nitrogens with one attached hydrogen (secondary N) is 1. The van der Waals surface area contributed by atoms with Gasteiger partial charge in [-0.1, -0.05) is 0 Å². The van der Waals surface area contributed by atoms with Crippen molar-refractivity contribution in [2.24, 2.45) is 0 Å². The minimum Gasteiger partial charge on any atom is -0.379 e. The Kier molecular flexibility index (Phi) is 6.23. The molecule has 0 saturated carbocycles. The fraction of sp³-hybridized carbons (Fsp3) is 0.737. The van der Waals surface area contributed by atoms with E-state index in [4.69, 9.17) is 4.74 Å². The van der Waals surface area contributed by atoms with E-state index in [1.807, 2.05) is 26.7 Å². The van der Waals surface area contributed by atoms with Crippen molar-refractivity contribution in [2.75, 3.05) is 72.1 Å². The van der Waals surface area contributed by atoms with E-state index < -0.39 is 0 Å². The van der Waals surface area contributed by atoms with Gasteiger partial charge in [-0.05, 0) is 25.5 Å². The molecule has 3 aliphatic heterocycles. The van der Waals surface area contributed by atoms with Gasteiger partial charge in [-0.15, -0.1) is 0 Å². The predicted octanol–water partition coefficient (Wildman–Crippen LogP) is -0.576. The van der Waals surface area contributed by atoms with Gasteiger partial charge in [-0.3, -0.25) is 19.2 Å². The zero-order valence-electron chi connectivity index (χ0n) is 16.4. The van der Waals surface area contributed by atoms with Crippen molar-refractivity contribution in [3.05, 3.63) is 18.0 Å². The molecule has 0 radical (unpaired) electrons. The zero-order chi connectivity index (χ0) is 19.3. The van der Waals surface area contributed by atoms with E-state index in [2.05, 4.69) is 15.3 Å². The van der Waals surface area contributed by atoms with Gasteiger partial charge in [-0.25, -0.2) is 0 Å². The van der Waals surface area contributed by atoms with Crippen LogP contribution in [0.1, 0.15) is 29.4 Å². The van der Waals surface area contributed by atoms with E-state index in [9.17, 15) is 9.59 Å². The van der Waals surface area contributed by atoms with E-state index in [1.54, 1.807) is 0 Å². The predicted molar refractivity (Wildman–Crippen MR) is 103 cm³/mol. The second-order valence-electron chi connectivity index (χ2n) is 7.74. The summed E-state index contributed by atoms with van der Waals surface area (Å²) in [5.74, 6) is 0.103. The van der Waals surface area contributed by atoms with Crippen LogP contribution in [0.25, 0.3) is 0 Å². The van der Waals surface area contributed by atoms with E-state index in [-0.39, 0.29) is 11.8 Å². The van der Waals surface area contributed by atoms with E-state index >= 15 is 0 Å². The quantitative estimate of drug-likeness (QED) is 0.741. The number of hydrogen-bond donors (Lipinski definition) is 1. The summed E-state index contributed by atoms with van der Waals surface area (Å²) in [6.45, 7) is 7.70. The second kappa shape index (κ2) is 9.02. The molecule has 2 amide bonds. The summed E-state index contributed by atoms with van der Waals surface area (Å²) in [5.41, 5.74) is 0.499. The number of hydrogen-bond acceptors (Lipinski definition) is 6. The lowest BCUT2D eigenvalue weighted by Gasteiger charge is -2.36. The Balaban J connectivity index is 1.26. The van der Waals surface area contributed by atoms with Crippen LogP contribution >= 0.6 is 0 Å². The summed E-state index contributed by atoms with van der Waals surface area (Å²) in [6.07, 6.45) is 4.13. The first-order valence-electron chi connectivity index (χ1n) is 10.3. The van der Waals surface area contributed by atoms with Crippen LogP contribution in [0.4, 0.5) is 0 Å². The molecule has 0 aliphatic carbocycles. The van der Waals surface area contributed by atoms with Gasteiger partial charge in [0.25, 0.3) is 5.91 Å². The lowest BCUT2D eigenvalue weighted by Crippen LogP contribution is -2.53. The number of ether oxygens (including phenoxy) is 1. The summed E-state index contributed by atoms with van der Waals surface area (Å²) in [4.78, 5) is 31.1. The normalized spacial score (nSPS) is 24.4. The molecule has 9 heteroatoms. The Morgan fingerprint density at radius 3 is 2.57 bits per heavy atom. The fourth-order valence-corrected chi connectivity index (χ4v) is 4.09. The monoisotopic (exact) mass is 390 g/mol. The number of rotatable bonds is 4. The van der Waals surface area contributed by atoms with Gasteiger partial charge in [0.1, 0.15) is 5.69 Å². The van der Waals surface area contributed by atoms with Crippen LogP contribution in [0.2, 0.25) is 0 Å². The molecule has 1 unspecified atom stereocenters. The molecule has 1 aromatic rings. The van der Waals surface area contributed by atoms with Crippen molar-refractivity contribution in [3.8, 4) is 0 Å². The first kappa shape index (κ1) is 19.4. The SMILES string of the molecule is O=C(CN1CCOCC1)N1CCN(C(=O)c2ccn(C3CCCNC3)n2)CC1. The summed E-state index contributed by atoms with van der Waals surface area (Å²) in [5, 5.41) is 7.90. The van der Waals surface area contributed by atoms with Gasteiger partial charge in [0.2, 0.25) is 5.91 Å². The molecule has 1 N–H and O–H groups in total. The second-order valence-corrected chi connectivity index (χ2v) is 7.74. The first-order valence-corrected chi connectivity index (χ1v) is 10.3. The maximum atomic E-state index is 12.8. The highest BCUT2D eigenvalue weighted by molar-refractivity contribution is 5.92. The van der Waals surface area contributed by atoms with E-state index in [0.29, 0.717) is 57.7 Å². The van der Waals surface area contributed by atoms with Crippen molar-refractivity contribution in [1.82, 2.24) is 29.8 Å². The van der Waals surface area contributed by atoms with Gasteiger partial charge in [-0.2, -0.15) is 5.10 Å². The van der Waals surface area contributed by atoms with Crippen molar-refractivity contribution < 1.29 is 14.3 Å². The molecule has 3 fully saturated rings. The maximum Gasteiger partial charge on any atom is 0.274 e. The van der Waals surface area contributed by atoms with Crippen LogP contribution in [0.5, 0.6) is 0 Å². The molecule has 0 aromatic carbocycles. The summed E-state index contributed by atoms with van der Waals surface area (Å²) in [7, 11) is 0. The van der Waals surface area contributed by atoms with Crippen LogP contribution < -0.4 is 5.32 Å². The smallest absolute Gasteiger partial charge is 0.274 e. The lowest BCUT2D eigenvalue weighted by atomic mass is 10.1. The summed E-state index contributed by atoms with van der Waals surface area (Å²) < 4.78 is 7.25. The van der Waals surface area contributed by atoms with Crippen LogP contribution in [0.15, 0.2) is 12.3 Å². The number of amides is 2. The van der Waals surface area contributed by atoms with Crippen LogP contribution in [-0.4, -0.2) is 108 Å². The van der Waals surface area contributed by atoms with Crippen molar-refractivity contribution in [1.29, 1.82) is 0 Å². The minimum absolute atomic E-state index is 0.0391. The molecule has 28 heavy (non-hydrogen) atoms. The molecule has 154 valence electrons. The molecular weight excluding hydrogens is 360 g/mol. The summed E-state index contributed by atoms with van der Waals surface area (Å²) >= 11 is 0. The zero-order valence-corrected chi connectivity index (χ0v) is 16.4. The maximum absolute atomic E-state index is 12.8. The largest absolute Gasteiger partial charge is 0.379 e. The average molecular weight is 390 g/mol. The van der Waals surface area contributed by atoms with Crippen LogP contribution in [-0.2, 0) is 9.53 Å². The van der Waals surface area contributed by atoms with E-state index in [0.717, 1.165) is 39.0 Å². The molecule has 4 rings (SSSR count). The molecule has 9 nitrogen and oxygen atoms in total. The Hall–Kier alpha value is -1.97. The number of carbonyl (C=O) groups is 2. The third-order valence-electron chi connectivity index (χ3n) is 5.85. The number of aromatic nitrogens is 2. The molecule has 1 aromatic heterocycles. The van der Waals surface area contributed by atoms with Gasteiger partial charge in [0, 0.05) is 52.0 Å². The molecule has 3 aliphatic rings. The topological polar surface area (TPSA) is 82.9 Å². The number of morpholine rings is 1. The highest BCUT2D eigenvalue weighted by atomic mass is 16.5. The molecule has 4 heterocycles. The molecular formula is C19H30N6O3. The Morgan fingerprint density at radius 1 is 1.11 bits per heavy atom. The third-order valence-corrected chi connectivity index (χ3v) is 5.85. The summed E-state index contributed by atoms with van der Waals surface area (Å²) in [6, 6.07) is 2.14. The third kappa shape index (κ3) is 4.53. The van der Waals surface area contributed by atoms with Crippen molar-refractivity contribution in [3.63, 3.8) is 0 Å². The van der Waals surface area contributed by atoms with Crippen molar-refractivity contribution >= 4 is 11.8 Å². The highest BCUT2D eigenvalue weighted by Gasteiger charge is 2.27. The van der Waals surface area contributed by atoms with Gasteiger partial charge in [0.15, 0.2) is 0 Å². The highest BCUT2D eigenvalue weighted by Crippen LogP contribution is 2.16. The molecule has 0 bridgehead atoms. The minimum atomic E-state index is -0.0391. The first-order chi connectivity index (χ1) is 13.7. The van der Waals surface area contributed by atoms with E-state index in [1.165, 1.54) is 0 Å². The number of piperazine rings is 1. The fourth-order valence-electron chi connectivity index (χ4n) is 4.09.